The predicted molar refractivity (Wildman–Crippen MR) is 86.4 cm³/mol. The van der Waals surface area contributed by atoms with Crippen LogP contribution in [-0.4, -0.2) is 17.6 Å². The number of ether oxygens (including phenoxy) is 1. The van der Waals surface area contributed by atoms with Gasteiger partial charge in [-0.05, 0) is 12.1 Å². The molecule has 3 nitrogen and oxygen atoms in total. The van der Waals surface area contributed by atoms with Crippen LogP contribution in [0.15, 0.2) is 41.7 Å². The number of hydrogen-bond donors (Lipinski definition) is 0. The smallest absolute Gasteiger partial charge is 0.256 e. The zero-order valence-electron chi connectivity index (χ0n) is 13.1. The van der Waals surface area contributed by atoms with Gasteiger partial charge in [-0.25, -0.2) is 8.78 Å². The Morgan fingerprint density at radius 3 is 2.75 bits per heavy atom. The third kappa shape index (κ3) is 4.98. The second kappa shape index (κ2) is 9.45. The number of aromatic nitrogens is 1. The average Bonchev–Trinajstić information content (AvgIpc) is 2.50. The molecule has 0 N–H and O–H groups in total. The molecule has 1 aromatic carbocycles. The van der Waals surface area contributed by atoms with E-state index in [1.807, 2.05) is 0 Å². The predicted octanol–water partition coefficient (Wildman–Crippen LogP) is 4.10. The Labute approximate surface area is 169 Å². The van der Waals surface area contributed by atoms with Crippen molar-refractivity contribution in [3.63, 3.8) is 0 Å². The number of rotatable bonds is 6. The fourth-order valence-corrected chi connectivity index (χ4v) is 2.34. The Bertz CT molecular complexity index is 778. The van der Waals surface area contributed by atoms with Crippen molar-refractivity contribution in [2.75, 3.05) is 6.61 Å². The summed E-state index contributed by atoms with van der Waals surface area (Å²) in [6.07, 6.45) is -1.05. The van der Waals surface area contributed by atoms with Crippen LogP contribution in [0, 0.1) is 13.0 Å². The summed E-state index contributed by atoms with van der Waals surface area (Å²) in [6.45, 7) is 5.00. The van der Waals surface area contributed by atoms with Gasteiger partial charge in [0.1, 0.15) is 12.4 Å². The third-order valence-electron chi connectivity index (χ3n) is 3.20. The molecule has 125 valence electrons. The molecule has 0 aliphatic rings. The first-order valence-corrected chi connectivity index (χ1v) is 7.25. The number of halogens is 3. The molecule has 1 aromatic heterocycles. The van der Waals surface area contributed by atoms with Crippen LogP contribution in [-0.2, 0) is 39.3 Å². The van der Waals surface area contributed by atoms with Gasteiger partial charge < -0.3 is 9.30 Å². The zero-order valence-corrected chi connectivity index (χ0v) is 16.7. The van der Waals surface area contributed by atoms with Gasteiger partial charge in [0, 0.05) is 37.7 Å². The van der Waals surface area contributed by atoms with E-state index >= 15 is 0 Å². The number of nitrogens with zero attached hydrogens (tertiary/aromatic N) is 1. The molecular weight excluding hydrogens is 413 g/mol. The monoisotopic (exact) mass is 427 g/mol. The molecule has 2 rings (SSSR count). The van der Waals surface area contributed by atoms with Crippen LogP contribution < -0.4 is 10.3 Å². The minimum absolute atomic E-state index is 0. The number of benzene rings is 1. The molecule has 0 atom stereocenters. The topological polar surface area (TPSA) is 31.2 Å². The van der Waals surface area contributed by atoms with Crippen molar-refractivity contribution in [3.05, 3.63) is 63.9 Å². The molecule has 24 heavy (non-hydrogen) atoms. The van der Waals surface area contributed by atoms with Crippen LogP contribution in [0.25, 0.3) is 11.3 Å². The summed E-state index contributed by atoms with van der Waals surface area (Å²) in [5, 5.41) is -0.141. The Balaban J connectivity index is 0.00000288. The van der Waals surface area contributed by atoms with Gasteiger partial charge in [0.25, 0.3) is 6.43 Å². The Morgan fingerprint density at radius 1 is 1.46 bits per heavy atom. The maximum atomic E-state index is 12.8. The van der Waals surface area contributed by atoms with Gasteiger partial charge in [-0.3, -0.25) is 4.79 Å². The van der Waals surface area contributed by atoms with E-state index in [0.717, 1.165) is 10.1 Å². The largest absolute Gasteiger partial charge is 0.490 e. The average molecular weight is 428 g/mol. The van der Waals surface area contributed by atoms with Gasteiger partial charge in [0.05, 0.1) is 6.54 Å². The molecule has 0 amide bonds. The van der Waals surface area contributed by atoms with Gasteiger partial charge in [-0.1, -0.05) is 36.4 Å². The van der Waals surface area contributed by atoms with Crippen LogP contribution >= 0.6 is 11.6 Å². The van der Waals surface area contributed by atoms with E-state index in [0.29, 0.717) is 17.9 Å². The van der Waals surface area contributed by atoms with Gasteiger partial charge in [-0.2, -0.15) is 23.7 Å². The molecule has 0 aliphatic carbocycles. The van der Waals surface area contributed by atoms with Crippen molar-refractivity contribution in [2.45, 2.75) is 19.9 Å². The summed E-state index contributed by atoms with van der Waals surface area (Å²) in [7, 11) is 0. The minimum Gasteiger partial charge on any atom is -0.490 e. The molecular formula is C17H15ClF2NO2Y-. The first-order chi connectivity index (χ1) is 10.9. The van der Waals surface area contributed by atoms with Gasteiger partial charge in [-0.15, -0.1) is 6.07 Å². The number of aryl methyl sites for hydroxylation is 1. The second-order valence-corrected chi connectivity index (χ2v) is 5.28. The Hall–Kier alpha value is -1.04. The molecule has 0 saturated carbocycles. The van der Waals surface area contributed by atoms with Gasteiger partial charge in [0.2, 0.25) is 5.56 Å². The van der Waals surface area contributed by atoms with Crippen LogP contribution in [0.2, 0.25) is 5.02 Å². The summed E-state index contributed by atoms with van der Waals surface area (Å²) in [5.74, 6) is 0.628. The van der Waals surface area contributed by atoms with E-state index in [9.17, 15) is 13.6 Å². The first-order valence-electron chi connectivity index (χ1n) is 6.88. The van der Waals surface area contributed by atoms with Crippen molar-refractivity contribution in [2.24, 2.45) is 0 Å². The number of alkyl halides is 2. The maximum absolute atomic E-state index is 12.8. The van der Waals surface area contributed by atoms with E-state index in [4.69, 9.17) is 16.3 Å². The van der Waals surface area contributed by atoms with E-state index in [2.05, 4.69) is 12.6 Å². The second-order valence-electron chi connectivity index (χ2n) is 4.87. The summed E-state index contributed by atoms with van der Waals surface area (Å²) < 4.78 is 31.9. The standard InChI is InChI=1S/C17H15ClF2NO2.Y/c1-3-8-23-12-4-5-13(11(2)9-12)15-7-6-14(18)17(22)21(15)10-16(19)20;/h3-6,9,16H,1,8,10H2,2H3;/q-1;. The quantitative estimate of drug-likeness (QED) is 0.513. The molecule has 2 aromatic rings. The maximum Gasteiger partial charge on any atom is 0.256 e. The van der Waals surface area contributed by atoms with Gasteiger partial charge in [0.15, 0.2) is 0 Å². The first kappa shape index (κ1) is 21.0. The van der Waals surface area contributed by atoms with Crippen LogP contribution in [0.1, 0.15) is 5.56 Å². The molecule has 1 heterocycles. The third-order valence-corrected chi connectivity index (χ3v) is 3.47. The van der Waals surface area contributed by atoms with Crippen molar-refractivity contribution in [1.82, 2.24) is 4.57 Å². The summed E-state index contributed by atoms with van der Waals surface area (Å²) >= 11 is 5.74. The molecule has 7 heteroatoms. The Morgan fingerprint density at radius 2 is 2.17 bits per heavy atom. The van der Waals surface area contributed by atoms with Crippen molar-refractivity contribution >= 4 is 11.6 Å². The number of hydrogen-bond acceptors (Lipinski definition) is 2. The molecule has 1 radical (unpaired) electrons. The van der Waals surface area contributed by atoms with E-state index < -0.39 is 18.5 Å². The summed E-state index contributed by atoms with van der Waals surface area (Å²) in [6, 6.07) is 9.27. The van der Waals surface area contributed by atoms with Crippen LogP contribution in [0.4, 0.5) is 8.78 Å². The fourth-order valence-electron chi connectivity index (χ4n) is 2.18. The van der Waals surface area contributed by atoms with Crippen molar-refractivity contribution in [3.8, 4) is 17.0 Å². The SMILES string of the molecule is C=CCOc1ccc(-c2[c-]cc(Cl)c(=O)n2CC(F)F)c(C)c1.[Y]. The molecule has 0 unspecified atom stereocenters. The zero-order chi connectivity index (χ0) is 17.0. The van der Waals surface area contributed by atoms with Crippen LogP contribution in [0.5, 0.6) is 5.75 Å². The van der Waals surface area contributed by atoms with E-state index in [1.54, 1.807) is 31.2 Å². The molecule has 0 saturated heterocycles. The number of pyridine rings is 1. The van der Waals surface area contributed by atoms with Gasteiger partial charge >= 0.3 is 0 Å². The Kier molecular flexibility index (Phi) is 8.27. The van der Waals surface area contributed by atoms with E-state index in [-0.39, 0.29) is 43.4 Å². The van der Waals surface area contributed by atoms with E-state index in [1.165, 1.54) is 6.07 Å². The molecule has 0 bridgehead atoms. The molecule has 0 aliphatic heterocycles. The molecule has 0 spiro atoms. The van der Waals surface area contributed by atoms with Crippen LogP contribution in [0.3, 0.4) is 0 Å². The minimum atomic E-state index is -2.67. The fraction of sp³-hybridized carbons (Fsp3) is 0.235. The van der Waals surface area contributed by atoms with Crippen molar-refractivity contribution in [1.29, 1.82) is 0 Å². The summed E-state index contributed by atoms with van der Waals surface area (Å²) in [5.41, 5.74) is 0.998. The van der Waals surface area contributed by atoms with Crippen molar-refractivity contribution < 1.29 is 46.2 Å². The summed E-state index contributed by atoms with van der Waals surface area (Å²) in [4.78, 5) is 12.1. The normalized spacial score (nSPS) is 10.4. The molecule has 0 fully saturated rings.